The smallest absolute Gasteiger partial charge is 0.266 e. The second-order valence-electron chi connectivity index (χ2n) is 24.4. The number of aromatic hydroxyl groups is 1. The highest BCUT2D eigenvalue weighted by Crippen LogP contribution is 2.27. The highest BCUT2D eigenvalue weighted by atomic mass is 32.2. The monoisotopic (exact) mass is 1360 g/mol. The molecule has 0 spiro atoms. The number of carbonyl (C=O) groups is 10. The maximum Gasteiger partial charge on any atom is 0.266 e. The van der Waals surface area contributed by atoms with Gasteiger partial charge in [0.2, 0.25) is 53.2 Å². The molecule has 6 rings (SSSR count). The highest BCUT2D eigenvalue weighted by Gasteiger charge is 2.41. The minimum absolute atomic E-state index is 0.00140. The van der Waals surface area contributed by atoms with E-state index >= 15 is 4.79 Å². The van der Waals surface area contributed by atoms with E-state index in [4.69, 9.17) is 21.0 Å². The second kappa shape index (κ2) is 39.3. The summed E-state index contributed by atoms with van der Waals surface area (Å²) in [7, 11) is 0. The molecule has 94 heavy (non-hydrogen) atoms. The number of primary amides is 1. The molecular weight excluding hydrogens is 1270 g/mol. The van der Waals surface area contributed by atoms with Crippen LogP contribution in [0, 0.1) is 11.8 Å². The number of aromatic amines is 1. The van der Waals surface area contributed by atoms with Crippen molar-refractivity contribution < 1.29 is 62.6 Å². The number of rotatable bonds is 15. The van der Waals surface area contributed by atoms with Crippen molar-refractivity contribution in [1.29, 1.82) is 0 Å². The molecular formula is C64H94N14O13S3. The zero-order chi connectivity index (χ0) is 68.1. The normalized spacial score (nSPS) is 25.0. The van der Waals surface area contributed by atoms with Crippen LogP contribution in [0.4, 0.5) is 0 Å². The van der Waals surface area contributed by atoms with Gasteiger partial charge in [-0.25, -0.2) is 4.98 Å². The Balaban J connectivity index is 1.42. The van der Waals surface area contributed by atoms with E-state index in [-0.39, 0.29) is 81.4 Å². The van der Waals surface area contributed by atoms with Crippen LogP contribution in [0.15, 0.2) is 60.1 Å². The number of nitrogens with zero attached hydrogens (tertiary/aromatic N) is 3. The summed E-state index contributed by atoms with van der Waals surface area (Å²) >= 11 is 4.10. The molecule has 9 atom stereocenters. The van der Waals surface area contributed by atoms with Gasteiger partial charge in [0.1, 0.15) is 78.7 Å². The van der Waals surface area contributed by atoms with Crippen molar-refractivity contribution in [3.05, 3.63) is 77.4 Å². The highest BCUT2D eigenvalue weighted by molar-refractivity contribution is 7.99. The van der Waals surface area contributed by atoms with Crippen LogP contribution in [-0.2, 0) is 77.1 Å². The van der Waals surface area contributed by atoms with Crippen molar-refractivity contribution in [3.8, 4) is 11.5 Å². The lowest BCUT2D eigenvalue weighted by atomic mass is 9.99. The number of ether oxygens (including phenoxy) is 1. The predicted molar refractivity (Wildman–Crippen MR) is 361 cm³/mol. The Morgan fingerprint density at radius 1 is 0.702 bits per heavy atom. The Hall–Kier alpha value is -7.57. The molecule has 3 aliphatic rings. The lowest BCUT2D eigenvalue weighted by Gasteiger charge is -2.31. The van der Waals surface area contributed by atoms with Gasteiger partial charge in [-0.2, -0.15) is 35.3 Å². The van der Waals surface area contributed by atoms with Gasteiger partial charge >= 0.3 is 0 Å². The first-order chi connectivity index (χ1) is 45.1. The van der Waals surface area contributed by atoms with E-state index in [0.717, 1.165) is 30.2 Å². The molecule has 14 N–H and O–H groups in total. The molecule has 1 fully saturated rings. The van der Waals surface area contributed by atoms with Gasteiger partial charge in [0.05, 0.1) is 12.9 Å². The van der Waals surface area contributed by atoms with Crippen LogP contribution in [0.3, 0.4) is 0 Å². The van der Waals surface area contributed by atoms with E-state index in [1.54, 1.807) is 26.0 Å². The van der Waals surface area contributed by atoms with Gasteiger partial charge in [0.15, 0.2) is 0 Å². The van der Waals surface area contributed by atoms with Crippen LogP contribution in [0.25, 0.3) is 0 Å². The zero-order valence-electron chi connectivity index (χ0n) is 54.2. The fourth-order valence-corrected chi connectivity index (χ4v) is 13.3. The van der Waals surface area contributed by atoms with Crippen molar-refractivity contribution in [2.75, 3.05) is 49.8 Å². The summed E-state index contributed by atoms with van der Waals surface area (Å²) in [5, 5.41) is 36.5. The van der Waals surface area contributed by atoms with E-state index in [0.29, 0.717) is 73.0 Å². The van der Waals surface area contributed by atoms with Gasteiger partial charge in [0.25, 0.3) is 5.91 Å². The number of oxime groups is 1. The summed E-state index contributed by atoms with van der Waals surface area (Å²) in [6.07, 6.45) is 10.2. The molecule has 10 amide bonds. The summed E-state index contributed by atoms with van der Waals surface area (Å²) in [5.74, 6) is -6.40. The number of H-pyrrole nitrogens is 1. The molecule has 30 heteroatoms. The first-order valence-corrected chi connectivity index (χ1v) is 35.9. The molecule has 27 nitrogen and oxygen atoms in total. The van der Waals surface area contributed by atoms with E-state index < -0.39 is 119 Å². The Bertz CT molecular complexity index is 3030. The number of benzene rings is 2. The molecule has 0 aliphatic carbocycles. The Kier molecular flexibility index (Phi) is 31.6. The lowest BCUT2D eigenvalue weighted by molar-refractivity contribution is -0.142. The molecule has 1 unspecified atom stereocenters. The van der Waals surface area contributed by atoms with Crippen LogP contribution >= 0.6 is 35.3 Å². The number of thioether (sulfide) groups is 3. The van der Waals surface area contributed by atoms with Crippen LogP contribution in [0.5, 0.6) is 11.5 Å². The lowest BCUT2D eigenvalue weighted by Crippen LogP contribution is -2.61. The summed E-state index contributed by atoms with van der Waals surface area (Å²) in [6.45, 7) is 8.08. The number of nitrogens with two attached hydrogens (primary N) is 2. The predicted octanol–water partition coefficient (Wildman–Crippen LogP) is 1.97. The third kappa shape index (κ3) is 25.0. The molecule has 3 aliphatic heterocycles. The number of fused-ring (bicyclic) bond motifs is 6. The maximum absolute atomic E-state index is 15.2. The average molecular weight is 1360 g/mol. The Morgan fingerprint density at radius 2 is 1.33 bits per heavy atom. The largest absolute Gasteiger partial charge is 0.508 e. The molecule has 4 bridgehead atoms. The van der Waals surface area contributed by atoms with E-state index in [9.17, 15) is 48.3 Å². The molecule has 1 saturated heterocycles. The summed E-state index contributed by atoms with van der Waals surface area (Å²) < 4.78 is 6.33. The van der Waals surface area contributed by atoms with E-state index in [2.05, 4.69) is 57.7 Å². The number of aromatic nitrogens is 2. The molecule has 1 aromatic heterocycles. The number of hydrogen-bond donors (Lipinski definition) is 12. The van der Waals surface area contributed by atoms with E-state index in [1.165, 1.54) is 64.8 Å². The van der Waals surface area contributed by atoms with Gasteiger partial charge < -0.3 is 78.6 Å². The van der Waals surface area contributed by atoms with Gasteiger partial charge in [-0.1, -0.05) is 51.0 Å². The van der Waals surface area contributed by atoms with Gasteiger partial charge in [0, 0.05) is 54.3 Å². The van der Waals surface area contributed by atoms with Crippen LogP contribution in [0.2, 0.25) is 0 Å². The number of phenols is 1. The molecule has 2 aromatic carbocycles. The number of nitrogens with one attached hydrogen (secondary N) is 9. The number of hydrogen-bond acceptors (Lipinski definition) is 19. The molecule has 4 heterocycles. The third-order valence-electron chi connectivity index (χ3n) is 15.9. The standard InChI is InChI=1S/C64H94N14O13S3/c1-38(2)25-48-59(84)72-49(29-40-15-17-44(79)18-16-40)60(85)71-46(13-8-9-20-65)58(83)77-55(39(3)4)63(88)74-50(30-43-31-67-37-68-43)61(86)75-51(56(66)81)35-93-33-41-26-42-28-45(27-41)90-22-10-6-7-11-23-91-69-32-54(80)70-47(19-24-92-5)57(82)76-52(36-94-34-42)64(89)78-21-12-14-53(78)62(87)73-48/h15-18,26-28,31-32,37-39,46-53,55,79H,6-14,19-25,29-30,33-36,65H2,1-5H3,(H2,66,81)(H,67,68)(H,70,80)(H,71,85)(H,72,84)(H,73,87)(H,74,88)(H,75,86)(H,76,82)(H,77,83)/b69-32+/t46-,47-,48-,49-,50-,51-,52-,53-,55?/m0/s1. The molecule has 3 aromatic rings. The average Bonchev–Trinajstić information content (AvgIpc) is 1.60. The van der Waals surface area contributed by atoms with Gasteiger partial charge in [-0.15, -0.1) is 0 Å². The topological polar surface area (TPSA) is 402 Å². The molecule has 0 radical (unpaired) electrons. The van der Waals surface area contributed by atoms with Gasteiger partial charge in [-0.3, -0.25) is 47.9 Å². The number of imidazole rings is 1. The van der Waals surface area contributed by atoms with E-state index in [1.807, 2.05) is 38.3 Å². The van der Waals surface area contributed by atoms with Crippen molar-refractivity contribution in [2.45, 2.75) is 177 Å². The summed E-state index contributed by atoms with van der Waals surface area (Å²) in [4.78, 5) is 158. The first-order valence-electron chi connectivity index (χ1n) is 32.2. The Morgan fingerprint density at radius 3 is 2.00 bits per heavy atom. The van der Waals surface area contributed by atoms with Crippen LogP contribution < -0.4 is 58.7 Å². The minimum atomic E-state index is -1.40. The number of phenolic OH excluding ortho intramolecular Hbond substituents is 1. The van der Waals surface area contributed by atoms with Crippen LogP contribution in [-0.4, -0.2) is 189 Å². The number of unbranched alkanes of at least 4 members (excludes halogenated alkanes) is 1. The summed E-state index contributed by atoms with van der Waals surface area (Å²) in [6, 6.07) is 0.419. The van der Waals surface area contributed by atoms with Crippen molar-refractivity contribution in [1.82, 2.24) is 57.4 Å². The summed E-state index contributed by atoms with van der Waals surface area (Å²) in [5.41, 5.74) is 14.4. The molecule has 0 saturated carbocycles. The van der Waals surface area contributed by atoms with Crippen molar-refractivity contribution in [2.24, 2.45) is 28.5 Å². The van der Waals surface area contributed by atoms with Crippen molar-refractivity contribution >= 4 is 101 Å². The SMILES string of the molecule is CSCC[C@@H]1NC(=O)/C=N/OCCCCCCOc2cc3cc(c2)CSC[C@H](NC1=O)C(=O)N1CCC[C@H]1C(=O)N[C@@H](CC(C)C)C(=O)N[C@@H](Cc1ccc(O)cc1)C(=O)N[C@@H](CCCCN)C(=O)NC(C(C)C)C(=O)N[C@@H](Cc1cnc[nH]1)C(=O)N[C@H](C(N)=O)CSC3. The maximum atomic E-state index is 15.2. The van der Waals surface area contributed by atoms with Crippen LogP contribution in [0.1, 0.15) is 121 Å². The first kappa shape index (κ1) is 75.5. The Labute approximate surface area is 562 Å². The number of amides is 10. The van der Waals surface area contributed by atoms with Gasteiger partial charge in [-0.05, 0) is 142 Å². The third-order valence-corrected chi connectivity index (χ3v) is 18.8. The molecule has 516 valence electrons. The zero-order valence-corrected chi connectivity index (χ0v) is 56.7. The quantitative estimate of drug-likeness (QED) is 0.0968. The van der Waals surface area contributed by atoms with Crippen molar-refractivity contribution in [3.63, 3.8) is 0 Å². The number of carbonyl (C=O) groups excluding carboxylic acids is 10. The minimum Gasteiger partial charge on any atom is -0.508 e. The fourth-order valence-electron chi connectivity index (χ4n) is 10.9. The second-order valence-corrected chi connectivity index (χ2v) is 27.5. The fraction of sp³-hybridized carbons (Fsp3) is 0.594.